The predicted octanol–water partition coefficient (Wildman–Crippen LogP) is 1.02. The molecule has 1 N–H and O–H groups in total. The molecule has 0 unspecified atom stereocenters. The lowest BCUT2D eigenvalue weighted by molar-refractivity contribution is 0.0111. The summed E-state index contributed by atoms with van der Waals surface area (Å²) in [5, 5.41) is 3.16. The van der Waals surface area contributed by atoms with Crippen LogP contribution in [0.2, 0.25) is 0 Å². The van der Waals surface area contributed by atoms with Crippen molar-refractivity contribution < 1.29 is 13.5 Å². The molecule has 4 heteroatoms. The lowest BCUT2D eigenvalue weighted by atomic mass is 10.2. The molecule has 2 nitrogen and oxygen atoms in total. The van der Waals surface area contributed by atoms with Gasteiger partial charge in [0.1, 0.15) is 6.61 Å². The quantitative estimate of drug-likeness (QED) is 0.671. The Balaban J connectivity index is 1.94. The molecule has 1 heterocycles. The molecule has 0 radical (unpaired) electrons. The molecule has 1 aliphatic rings. The lowest BCUT2D eigenvalue weighted by Gasteiger charge is -2.09. The third kappa shape index (κ3) is 3.62. The fraction of sp³-hybridized carbons (Fsp3) is 1.00. The molecule has 0 aliphatic carbocycles. The van der Waals surface area contributed by atoms with Crippen LogP contribution in [0, 0.1) is 0 Å². The van der Waals surface area contributed by atoms with Crippen molar-refractivity contribution in [3.8, 4) is 0 Å². The van der Waals surface area contributed by atoms with Gasteiger partial charge >= 0.3 is 0 Å². The molecular weight excluding hydrogens is 152 g/mol. The van der Waals surface area contributed by atoms with E-state index in [0.717, 1.165) is 19.4 Å². The minimum atomic E-state index is -2.34. The first-order valence-electron chi connectivity index (χ1n) is 3.88. The van der Waals surface area contributed by atoms with Crippen LogP contribution in [-0.2, 0) is 4.74 Å². The molecule has 0 aromatic rings. The van der Waals surface area contributed by atoms with Crippen molar-refractivity contribution in [2.75, 3.05) is 19.8 Å². The molecule has 11 heavy (non-hydrogen) atoms. The van der Waals surface area contributed by atoms with Gasteiger partial charge in [-0.1, -0.05) is 0 Å². The van der Waals surface area contributed by atoms with Gasteiger partial charge in [0, 0.05) is 6.04 Å². The van der Waals surface area contributed by atoms with Gasteiger partial charge in [-0.15, -0.1) is 0 Å². The fourth-order valence-corrected chi connectivity index (χ4v) is 1.20. The normalized spacial score (nSPS) is 24.8. The third-order valence-corrected chi connectivity index (χ3v) is 1.73. The molecule has 1 saturated heterocycles. The van der Waals surface area contributed by atoms with E-state index in [-0.39, 0.29) is 0 Å². The van der Waals surface area contributed by atoms with Crippen LogP contribution in [0.1, 0.15) is 12.8 Å². The molecule has 0 amide bonds. The van der Waals surface area contributed by atoms with E-state index in [1.165, 1.54) is 0 Å². The highest BCUT2D eigenvalue weighted by atomic mass is 19.3. The van der Waals surface area contributed by atoms with E-state index in [1.807, 2.05) is 0 Å². The number of ether oxygens (including phenoxy) is 1. The van der Waals surface area contributed by atoms with E-state index in [2.05, 4.69) is 5.32 Å². The minimum absolute atomic E-state index is 0.300. The summed E-state index contributed by atoms with van der Waals surface area (Å²) in [5.74, 6) is 0. The largest absolute Gasteiger partial charge is 0.374 e. The Hall–Kier alpha value is -0.220. The molecule has 0 saturated carbocycles. The monoisotopic (exact) mass is 165 g/mol. The molecule has 1 aliphatic heterocycles. The zero-order chi connectivity index (χ0) is 8.10. The summed E-state index contributed by atoms with van der Waals surface area (Å²) < 4.78 is 27.9. The summed E-state index contributed by atoms with van der Waals surface area (Å²) in [6.45, 7) is 0.977. The minimum Gasteiger partial charge on any atom is -0.374 e. The van der Waals surface area contributed by atoms with Gasteiger partial charge in [0.2, 0.25) is 0 Å². The van der Waals surface area contributed by atoms with Crippen molar-refractivity contribution in [2.45, 2.75) is 25.3 Å². The van der Waals surface area contributed by atoms with Gasteiger partial charge in [-0.2, -0.15) is 0 Å². The molecule has 0 aromatic heterocycles. The molecular formula is C7H13F2NO. The molecule has 0 bridgehead atoms. The zero-order valence-electron chi connectivity index (χ0n) is 6.35. The molecule has 1 rings (SSSR count). The van der Waals surface area contributed by atoms with Crippen molar-refractivity contribution in [1.29, 1.82) is 0 Å². The van der Waals surface area contributed by atoms with Crippen molar-refractivity contribution in [1.82, 2.24) is 5.32 Å². The first-order valence-corrected chi connectivity index (χ1v) is 3.88. The summed E-state index contributed by atoms with van der Waals surface area (Å²) >= 11 is 0. The van der Waals surface area contributed by atoms with Gasteiger partial charge in [-0.25, -0.2) is 8.78 Å². The molecule has 66 valence electrons. The van der Waals surface area contributed by atoms with Crippen molar-refractivity contribution in [2.24, 2.45) is 0 Å². The second kappa shape index (κ2) is 4.62. The van der Waals surface area contributed by atoms with E-state index >= 15 is 0 Å². The van der Waals surface area contributed by atoms with Crippen molar-refractivity contribution in [3.63, 3.8) is 0 Å². The van der Waals surface area contributed by atoms with Gasteiger partial charge in [0.15, 0.2) is 0 Å². The highest BCUT2D eigenvalue weighted by molar-refractivity contribution is 4.73. The Morgan fingerprint density at radius 1 is 1.55 bits per heavy atom. The van der Waals surface area contributed by atoms with Gasteiger partial charge in [-0.05, 0) is 19.4 Å². The van der Waals surface area contributed by atoms with Crippen LogP contribution >= 0.6 is 0 Å². The fourth-order valence-electron chi connectivity index (χ4n) is 1.20. The second-order valence-corrected chi connectivity index (χ2v) is 2.72. The molecule has 0 spiro atoms. The predicted molar refractivity (Wildman–Crippen MR) is 37.8 cm³/mol. The van der Waals surface area contributed by atoms with Crippen LogP contribution in [0.4, 0.5) is 8.78 Å². The Labute approximate surface area is 64.9 Å². The first-order chi connectivity index (χ1) is 5.29. The average molecular weight is 165 g/mol. The van der Waals surface area contributed by atoms with Crippen LogP contribution in [0.3, 0.4) is 0 Å². The van der Waals surface area contributed by atoms with E-state index in [0.29, 0.717) is 12.6 Å². The van der Waals surface area contributed by atoms with Crippen molar-refractivity contribution in [3.05, 3.63) is 0 Å². The van der Waals surface area contributed by atoms with E-state index in [4.69, 9.17) is 4.74 Å². The maximum atomic E-state index is 11.6. The Morgan fingerprint density at radius 2 is 2.36 bits per heavy atom. The van der Waals surface area contributed by atoms with Gasteiger partial charge in [0.05, 0.1) is 6.61 Å². The topological polar surface area (TPSA) is 21.3 Å². The van der Waals surface area contributed by atoms with Crippen LogP contribution in [0.15, 0.2) is 0 Å². The number of nitrogens with one attached hydrogen (secondary N) is 1. The SMILES string of the molecule is FC(F)COC[C@@H]1CCCN1. The number of alkyl halides is 2. The van der Waals surface area contributed by atoms with Gasteiger partial charge in [0.25, 0.3) is 6.43 Å². The standard InChI is InChI=1S/C7H13F2NO/c8-7(9)5-11-4-6-2-1-3-10-6/h6-7,10H,1-5H2/t6-/m0/s1. The van der Waals surface area contributed by atoms with Crippen LogP contribution < -0.4 is 5.32 Å². The third-order valence-electron chi connectivity index (χ3n) is 1.73. The number of hydrogen-bond acceptors (Lipinski definition) is 2. The molecule has 1 atom stereocenters. The van der Waals surface area contributed by atoms with E-state index in [9.17, 15) is 8.78 Å². The summed E-state index contributed by atoms with van der Waals surface area (Å²) in [7, 11) is 0. The van der Waals surface area contributed by atoms with E-state index < -0.39 is 13.0 Å². The summed E-state index contributed by atoms with van der Waals surface area (Å²) in [6, 6.07) is 0.300. The Kier molecular flexibility index (Phi) is 3.72. The highest BCUT2D eigenvalue weighted by Gasteiger charge is 2.14. The highest BCUT2D eigenvalue weighted by Crippen LogP contribution is 2.05. The zero-order valence-corrected chi connectivity index (χ0v) is 6.35. The summed E-state index contributed by atoms with van der Waals surface area (Å²) in [4.78, 5) is 0. The second-order valence-electron chi connectivity index (χ2n) is 2.72. The van der Waals surface area contributed by atoms with Crippen LogP contribution in [0.5, 0.6) is 0 Å². The Bertz CT molecular complexity index is 105. The first kappa shape index (κ1) is 8.87. The summed E-state index contributed by atoms with van der Waals surface area (Å²) in [5.41, 5.74) is 0. The van der Waals surface area contributed by atoms with Gasteiger partial charge < -0.3 is 10.1 Å². The van der Waals surface area contributed by atoms with Crippen LogP contribution in [0.25, 0.3) is 0 Å². The smallest absolute Gasteiger partial charge is 0.261 e. The number of rotatable bonds is 4. The van der Waals surface area contributed by atoms with Crippen molar-refractivity contribution >= 4 is 0 Å². The van der Waals surface area contributed by atoms with Crippen LogP contribution in [-0.4, -0.2) is 32.2 Å². The summed E-state index contributed by atoms with van der Waals surface area (Å²) in [6.07, 6.45) is -0.164. The maximum absolute atomic E-state index is 11.6. The lowest BCUT2D eigenvalue weighted by Crippen LogP contribution is -2.27. The average Bonchev–Trinajstić information content (AvgIpc) is 2.39. The van der Waals surface area contributed by atoms with E-state index in [1.54, 1.807) is 0 Å². The number of halogens is 2. The molecule has 1 fully saturated rings. The van der Waals surface area contributed by atoms with Gasteiger partial charge in [-0.3, -0.25) is 0 Å². The number of hydrogen-bond donors (Lipinski definition) is 1. The Morgan fingerprint density at radius 3 is 2.91 bits per heavy atom. The maximum Gasteiger partial charge on any atom is 0.261 e. The molecule has 0 aromatic carbocycles.